The van der Waals surface area contributed by atoms with Crippen molar-refractivity contribution in [2.45, 2.75) is 13.3 Å². The van der Waals surface area contributed by atoms with Crippen LogP contribution in [-0.2, 0) is 6.42 Å². The van der Waals surface area contributed by atoms with Gasteiger partial charge in [-0.05, 0) is 24.1 Å². The lowest BCUT2D eigenvalue weighted by molar-refractivity contribution is 0.0535. The summed E-state index contributed by atoms with van der Waals surface area (Å²) in [7, 11) is 0. The van der Waals surface area contributed by atoms with Crippen molar-refractivity contribution in [3.05, 3.63) is 63.4 Å². The molecule has 0 aliphatic carbocycles. The van der Waals surface area contributed by atoms with E-state index in [0.29, 0.717) is 31.7 Å². The zero-order valence-corrected chi connectivity index (χ0v) is 15.9. The number of carbonyl (C=O) groups is 2. The first-order valence-electron chi connectivity index (χ1n) is 8.47. The fourth-order valence-corrected chi connectivity index (χ4v) is 3.48. The van der Waals surface area contributed by atoms with Gasteiger partial charge in [-0.3, -0.25) is 14.6 Å². The monoisotopic (exact) mass is 391 g/mol. The van der Waals surface area contributed by atoms with Gasteiger partial charge < -0.3 is 9.80 Å². The van der Waals surface area contributed by atoms with E-state index in [9.17, 15) is 9.59 Å². The number of hydrogen-bond acceptors (Lipinski definition) is 3. The predicted molar refractivity (Wildman–Crippen MR) is 102 cm³/mol. The molecule has 1 fully saturated rings. The SMILES string of the molecule is CCc1ccc(C(=O)N2CCN(C(=O)c3c(Cl)cncc3Cl)CC2)cc1. The second-order valence-corrected chi connectivity index (χ2v) is 6.93. The molecule has 1 aliphatic rings. The highest BCUT2D eigenvalue weighted by Crippen LogP contribution is 2.25. The Kier molecular flexibility index (Phi) is 5.79. The summed E-state index contributed by atoms with van der Waals surface area (Å²) in [4.78, 5) is 32.6. The maximum atomic E-state index is 12.7. The fourth-order valence-electron chi connectivity index (χ4n) is 2.95. The summed E-state index contributed by atoms with van der Waals surface area (Å²) in [5.41, 5.74) is 2.13. The average Bonchev–Trinajstić information content (AvgIpc) is 2.67. The molecule has 1 aromatic carbocycles. The van der Waals surface area contributed by atoms with Crippen LogP contribution in [0.5, 0.6) is 0 Å². The van der Waals surface area contributed by atoms with Crippen molar-refractivity contribution in [3.8, 4) is 0 Å². The molecule has 0 N–H and O–H groups in total. The maximum Gasteiger partial charge on any atom is 0.257 e. The van der Waals surface area contributed by atoms with Crippen molar-refractivity contribution < 1.29 is 9.59 Å². The summed E-state index contributed by atoms with van der Waals surface area (Å²) in [5, 5.41) is 0.467. The van der Waals surface area contributed by atoms with Gasteiger partial charge in [-0.15, -0.1) is 0 Å². The lowest BCUT2D eigenvalue weighted by atomic mass is 10.1. The van der Waals surface area contributed by atoms with Gasteiger partial charge in [0.05, 0.1) is 15.6 Å². The molecular formula is C19H19Cl2N3O2. The Morgan fingerprint density at radius 2 is 1.42 bits per heavy atom. The largest absolute Gasteiger partial charge is 0.335 e. The van der Waals surface area contributed by atoms with Crippen molar-refractivity contribution in [3.63, 3.8) is 0 Å². The summed E-state index contributed by atoms with van der Waals surface area (Å²) in [6.07, 6.45) is 3.75. The third-order valence-electron chi connectivity index (χ3n) is 4.53. The number of nitrogens with zero attached hydrogens (tertiary/aromatic N) is 3. The normalized spacial score (nSPS) is 14.4. The van der Waals surface area contributed by atoms with Crippen molar-refractivity contribution in [2.75, 3.05) is 26.2 Å². The molecule has 1 aliphatic heterocycles. The van der Waals surface area contributed by atoms with Gasteiger partial charge in [0, 0.05) is 44.1 Å². The Morgan fingerprint density at radius 1 is 0.923 bits per heavy atom. The van der Waals surface area contributed by atoms with Gasteiger partial charge in [0.15, 0.2) is 0 Å². The summed E-state index contributed by atoms with van der Waals surface area (Å²) < 4.78 is 0. The zero-order valence-electron chi connectivity index (χ0n) is 14.4. The maximum absolute atomic E-state index is 12.7. The predicted octanol–water partition coefficient (Wildman–Crippen LogP) is 3.55. The smallest absolute Gasteiger partial charge is 0.257 e. The van der Waals surface area contributed by atoms with Crippen LogP contribution < -0.4 is 0 Å². The Hall–Kier alpha value is -2.11. The van der Waals surface area contributed by atoms with Gasteiger partial charge in [-0.2, -0.15) is 0 Å². The topological polar surface area (TPSA) is 53.5 Å². The van der Waals surface area contributed by atoms with Crippen LogP contribution in [0.25, 0.3) is 0 Å². The lowest BCUT2D eigenvalue weighted by Gasteiger charge is -2.35. The molecule has 2 amide bonds. The van der Waals surface area contributed by atoms with Crippen LogP contribution in [0.4, 0.5) is 0 Å². The molecule has 3 rings (SSSR count). The fraction of sp³-hybridized carbons (Fsp3) is 0.316. The van der Waals surface area contributed by atoms with Crippen molar-refractivity contribution >= 4 is 35.0 Å². The standard InChI is InChI=1S/C19H19Cl2N3O2/c1-2-13-3-5-14(6-4-13)18(25)23-7-9-24(10-8-23)19(26)17-15(20)11-22-12-16(17)21/h3-6,11-12H,2,7-10H2,1H3. The number of halogens is 2. The molecule has 7 heteroatoms. The number of aromatic nitrogens is 1. The molecular weight excluding hydrogens is 373 g/mol. The van der Waals surface area contributed by atoms with E-state index in [1.54, 1.807) is 9.80 Å². The summed E-state index contributed by atoms with van der Waals surface area (Å²) in [6, 6.07) is 7.66. The van der Waals surface area contributed by atoms with Crippen molar-refractivity contribution in [2.24, 2.45) is 0 Å². The molecule has 0 spiro atoms. The minimum Gasteiger partial charge on any atom is -0.335 e. The molecule has 0 bridgehead atoms. The highest BCUT2D eigenvalue weighted by Gasteiger charge is 2.27. The van der Waals surface area contributed by atoms with Gasteiger partial charge in [-0.25, -0.2) is 0 Å². The second-order valence-electron chi connectivity index (χ2n) is 6.11. The van der Waals surface area contributed by atoms with Gasteiger partial charge in [0.25, 0.3) is 11.8 Å². The van der Waals surface area contributed by atoms with Crippen LogP contribution in [0, 0.1) is 0 Å². The van der Waals surface area contributed by atoms with Crippen LogP contribution in [0.15, 0.2) is 36.7 Å². The molecule has 2 aromatic rings. The Bertz CT molecular complexity index is 796. The first kappa shape index (κ1) is 18.7. The van der Waals surface area contributed by atoms with Gasteiger partial charge in [0.2, 0.25) is 0 Å². The highest BCUT2D eigenvalue weighted by atomic mass is 35.5. The molecule has 0 unspecified atom stereocenters. The molecule has 26 heavy (non-hydrogen) atoms. The van der Waals surface area contributed by atoms with E-state index in [4.69, 9.17) is 23.2 Å². The third-order valence-corrected chi connectivity index (χ3v) is 5.10. The van der Waals surface area contributed by atoms with Crippen molar-refractivity contribution in [1.82, 2.24) is 14.8 Å². The average molecular weight is 392 g/mol. The van der Waals surface area contributed by atoms with E-state index in [0.717, 1.165) is 6.42 Å². The van der Waals surface area contributed by atoms with Crippen molar-refractivity contribution in [1.29, 1.82) is 0 Å². The first-order valence-corrected chi connectivity index (χ1v) is 9.23. The minimum absolute atomic E-state index is 0.0141. The van der Waals surface area contributed by atoms with E-state index in [1.807, 2.05) is 24.3 Å². The van der Waals surface area contributed by atoms with E-state index in [-0.39, 0.29) is 27.4 Å². The number of benzene rings is 1. The number of rotatable bonds is 3. The van der Waals surface area contributed by atoms with Crippen LogP contribution >= 0.6 is 23.2 Å². The Morgan fingerprint density at radius 3 is 1.92 bits per heavy atom. The number of aryl methyl sites for hydroxylation is 1. The van der Waals surface area contributed by atoms with Gasteiger partial charge in [-0.1, -0.05) is 42.3 Å². The second kappa shape index (κ2) is 8.06. The molecule has 1 saturated heterocycles. The number of pyridine rings is 1. The number of amides is 2. The summed E-state index contributed by atoms with van der Waals surface area (Å²) >= 11 is 12.1. The Balaban J connectivity index is 1.65. The number of carbonyl (C=O) groups excluding carboxylic acids is 2. The number of piperazine rings is 1. The number of hydrogen-bond donors (Lipinski definition) is 0. The van der Waals surface area contributed by atoms with Gasteiger partial charge >= 0.3 is 0 Å². The van der Waals surface area contributed by atoms with Crippen LogP contribution in [0.1, 0.15) is 33.2 Å². The van der Waals surface area contributed by atoms with E-state index < -0.39 is 0 Å². The van der Waals surface area contributed by atoms with E-state index in [1.165, 1.54) is 18.0 Å². The van der Waals surface area contributed by atoms with Gasteiger partial charge in [0.1, 0.15) is 0 Å². The minimum atomic E-state index is -0.234. The van der Waals surface area contributed by atoms with Crippen LogP contribution in [0.2, 0.25) is 10.0 Å². The Labute approximate surface area is 162 Å². The van der Waals surface area contributed by atoms with Crippen LogP contribution in [-0.4, -0.2) is 52.8 Å². The highest BCUT2D eigenvalue weighted by molar-refractivity contribution is 6.39. The molecule has 0 radical (unpaired) electrons. The van der Waals surface area contributed by atoms with E-state index >= 15 is 0 Å². The molecule has 136 valence electrons. The molecule has 0 saturated carbocycles. The third kappa shape index (κ3) is 3.84. The zero-order chi connectivity index (χ0) is 18.7. The summed E-state index contributed by atoms with van der Waals surface area (Å²) in [5.74, 6) is -0.249. The lowest BCUT2D eigenvalue weighted by Crippen LogP contribution is -2.50. The molecule has 2 heterocycles. The molecule has 5 nitrogen and oxygen atoms in total. The van der Waals surface area contributed by atoms with E-state index in [2.05, 4.69) is 11.9 Å². The molecule has 1 aromatic heterocycles. The summed E-state index contributed by atoms with van der Waals surface area (Å²) in [6.45, 7) is 3.90. The molecule has 0 atom stereocenters. The van der Waals surface area contributed by atoms with Crippen LogP contribution in [0.3, 0.4) is 0 Å². The first-order chi connectivity index (χ1) is 12.5. The quantitative estimate of drug-likeness (QED) is 0.803.